The van der Waals surface area contributed by atoms with Gasteiger partial charge in [-0.3, -0.25) is 10.1 Å². The van der Waals surface area contributed by atoms with E-state index in [1.807, 2.05) is 0 Å². The third-order valence-electron chi connectivity index (χ3n) is 2.61. The molecule has 0 atom stereocenters. The average Bonchev–Trinajstić information content (AvgIpc) is 2.82. The molecule has 0 unspecified atom stereocenters. The van der Waals surface area contributed by atoms with Gasteiger partial charge in [0.05, 0.1) is 10.5 Å². The van der Waals surface area contributed by atoms with Gasteiger partial charge in [0.15, 0.2) is 0 Å². The first-order valence-corrected chi connectivity index (χ1v) is 4.69. The molecule has 5 heteroatoms. The maximum atomic E-state index is 10.7. The van der Waals surface area contributed by atoms with Crippen molar-refractivity contribution in [1.82, 2.24) is 0 Å². The van der Waals surface area contributed by atoms with Crippen LogP contribution >= 0.6 is 0 Å². The number of phenolic OH excluding ortho intramolecular Hbond substituents is 1. The smallest absolute Gasteiger partial charge is 0.272 e. The van der Waals surface area contributed by atoms with E-state index in [4.69, 9.17) is 0 Å². The molecule has 1 fully saturated rings. The Kier molecular flexibility index (Phi) is 2.12. The minimum Gasteiger partial charge on any atom is -0.508 e. The number of rotatable bonds is 3. The first-order valence-electron chi connectivity index (χ1n) is 4.69. The van der Waals surface area contributed by atoms with E-state index in [-0.39, 0.29) is 17.9 Å². The van der Waals surface area contributed by atoms with Crippen LogP contribution in [0.2, 0.25) is 0 Å². The lowest BCUT2D eigenvalue weighted by Gasteiger charge is -2.08. The second-order valence-corrected chi connectivity index (χ2v) is 3.97. The Balaban J connectivity index is 2.34. The van der Waals surface area contributed by atoms with E-state index >= 15 is 0 Å². The molecule has 1 saturated carbocycles. The molecule has 0 heterocycles. The molecule has 0 spiro atoms. The lowest BCUT2D eigenvalue weighted by Crippen LogP contribution is -2.12. The molecule has 0 amide bonds. The van der Waals surface area contributed by atoms with E-state index in [9.17, 15) is 20.3 Å². The van der Waals surface area contributed by atoms with E-state index < -0.39 is 10.5 Å². The highest BCUT2D eigenvalue weighted by atomic mass is 16.6. The Hall–Kier alpha value is -1.62. The van der Waals surface area contributed by atoms with Crippen molar-refractivity contribution < 1.29 is 15.1 Å². The molecular formula is C10H11NO4. The zero-order valence-corrected chi connectivity index (χ0v) is 8.01. The van der Waals surface area contributed by atoms with Crippen LogP contribution in [0.3, 0.4) is 0 Å². The summed E-state index contributed by atoms with van der Waals surface area (Å²) in [7, 11) is 0. The van der Waals surface area contributed by atoms with E-state index in [2.05, 4.69) is 0 Å². The van der Waals surface area contributed by atoms with Crippen molar-refractivity contribution in [2.45, 2.75) is 24.9 Å². The highest BCUT2D eigenvalue weighted by Gasteiger charge is 2.41. The fourth-order valence-corrected chi connectivity index (χ4v) is 1.57. The second-order valence-electron chi connectivity index (χ2n) is 3.97. The summed E-state index contributed by atoms with van der Waals surface area (Å²) in [6.07, 6.45) is 1.57. The molecule has 0 bridgehead atoms. The van der Waals surface area contributed by atoms with Crippen molar-refractivity contribution in [2.24, 2.45) is 0 Å². The number of aliphatic hydroxyl groups is 1. The molecule has 15 heavy (non-hydrogen) atoms. The third kappa shape index (κ3) is 2.07. The van der Waals surface area contributed by atoms with Crippen LogP contribution in [-0.2, 0) is 6.42 Å². The summed E-state index contributed by atoms with van der Waals surface area (Å²) in [4.78, 5) is 10.2. The molecule has 1 aromatic carbocycles. The summed E-state index contributed by atoms with van der Waals surface area (Å²) in [5, 5.41) is 29.6. The van der Waals surface area contributed by atoms with Gasteiger partial charge in [-0.15, -0.1) is 0 Å². The number of nitro benzene ring substituents is 1. The maximum absolute atomic E-state index is 10.7. The minimum absolute atomic E-state index is 0.0140. The van der Waals surface area contributed by atoms with Crippen LogP contribution in [0.15, 0.2) is 18.2 Å². The molecule has 0 aromatic heterocycles. The predicted octanol–water partition coefficient (Wildman–Crippen LogP) is 1.37. The summed E-state index contributed by atoms with van der Waals surface area (Å²) in [5.74, 6) is -0.0140. The van der Waals surface area contributed by atoms with Gasteiger partial charge in [0.1, 0.15) is 5.75 Å². The zero-order valence-electron chi connectivity index (χ0n) is 8.01. The standard InChI is InChI=1S/C10H11NO4/c12-8-1-2-9(11(14)15)7(5-8)6-10(13)3-4-10/h1-2,5,12-13H,3-4,6H2. The highest BCUT2D eigenvalue weighted by Crippen LogP contribution is 2.40. The van der Waals surface area contributed by atoms with Crippen molar-refractivity contribution in [3.63, 3.8) is 0 Å². The van der Waals surface area contributed by atoms with Gasteiger partial charge in [0, 0.05) is 18.1 Å². The lowest BCUT2D eigenvalue weighted by molar-refractivity contribution is -0.385. The highest BCUT2D eigenvalue weighted by molar-refractivity contribution is 5.45. The van der Waals surface area contributed by atoms with E-state index in [0.717, 1.165) is 0 Å². The summed E-state index contributed by atoms with van der Waals surface area (Å²) in [6, 6.07) is 3.88. The Labute approximate surface area is 86.1 Å². The molecule has 2 N–H and O–H groups in total. The SMILES string of the molecule is O=[N+]([O-])c1ccc(O)cc1CC1(O)CC1. The molecule has 80 valence electrons. The Bertz CT molecular complexity index is 412. The van der Waals surface area contributed by atoms with Gasteiger partial charge in [0.25, 0.3) is 5.69 Å². The number of hydrogen-bond donors (Lipinski definition) is 2. The van der Waals surface area contributed by atoms with Gasteiger partial charge in [-0.2, -0.15) is 0 Å². The van der Waals surface area contributed by atoms with E-state index in [0.29, 0.717) is 18.4 Å². The van der Waals surface area contributed by atoms with Gasteiger partial charge >= 0.3 is 0 Å². The van der Waals surface area contributed by atoms with Crippen molar-refractivity contribution in [3.05, 3.63) is 33.9 Å². The van der Waals surface area contributed by atoms with Crippen LogP contribution in [-0.4, -0.2) is 20.7 Å². The zero-order chi connectivity index (χ0) is 11.1. The molecule has 1 aliphatic carbocycles. The van der Waals surface area contributed by atoms with Gasteiger partial charge in [-0.25, -0.2) is 0 Å². The van der Waals surface area contributed by atoms with Crippen LogP contribution in [0.1, 0.15) is 18.4 Å². The fraction of sp³-hybridized carbons (Fsp3) is 0.400. The molecule has 5 nitrogen and oxygen atoms in total. The first-order chi connectivity index (χ1) is 7.00. The lowest BCUT2D eigenvalue weighted by atomic mass is 10.0. The Morgan fingerprint density at radius 3 is 2.67 bits per heavy atom. The summed E-state index contributed by atoms with van der Waals surface area (Å²) < 4.78 is 0. The van der Waals surface area contributed by atoms with Gasteiger partial charge in [-0.1, -0.05) is 0 Å². The Morgan fingerprint density at radius 1 is 1.47 bits per heavy atom. The molecule has 0 radical (unpaired) electrons. The molecule has 1 aliphatic rings. The largest absolute Gasteiger partial charge is 0.508 e. The van der Waals surface area contributed by atoms with Gasteiger partial charge in [0.2, 0.25) is 0 Å². The minimum atomic E-state index is -0.793. The second kappa shape index (κ2) is 3.20. The molecule has 0 saturated heterocycles. The number of phenols is 1. The Morgan fingerprint density at radius 2 is 2.13 bits per heavy atom. The predicted molar refractivity (Wildman–Crippen MR) is 52.6 cm³/mol. The molecule has 1 aromatic rings. The van der Waals surface area contributed by atoms with Crippen LogP contribution < -0.4 is 0 Å². The third-order valence-corrected chi connectivity index (χ3v) is 2.61. The van der Waals surface area contributed by atoms with Crippen LogP contribution in [0.4, 0.5) is 5.69 Å². The van der Waals surface area contributed by atoms with Crippen molar-refractivity contribution in [3.8, 4) is 5.75 Å². The monoisotopic (exact) mass is 209 g/mol. The fourth-order valence-electron chi connectivity index (χ4n) is 1.57. The van der Waals surface area contributed by atoms with Crippen molar-refractivity contribution >= 4 is 5.69 Å². The molecular weight excluding hydrogens is 198 g/mol. The van der Waals surface area contributed by atoms with Gasteiger partial charge < -0.3 is 10.2 Å². The van der Waals surface area contributed by atoms with Crippen LogP contribution in [0.5, 0.6) is 5.75 Å². The summed E-state index contributed by atoms with van der Waals surface area (Å²) >= 11 is 0. The van der Waals surface area contributed by atoms with Crippen molar-refractivity contribution in [1.29, 1.82) is 0 Å². The topological polar surface area (TPSA) is 83.6 Å². The summed E-state index contributed by atoms with van der Waals surface area (Å²) in [5.41, 5.74) is -0.452. The number of aromatic hydroxyl groups is 1. The van der Waals surface area contributed by atoms with E-state index in [1.54, 1.807) is 0 Å². The van der Waals surface area contributed by atoms with Crippen molar-refractivity contribution in [2.75, 3.05) is 0 Å². The normalized spacial score (nSPS) is 17.4. The van der Waals surface area contributed by atoms with Gasteiger partial charge in [-0.05, 0) is 25.0 Å². The first kappa shape index (κ1) is 9.92. The molecule has 2 rings (SSSR count). The summed E-state index contributed by atoms with van der Waals surface area (Å²) in [6.45, 7) is 0. The average molecular weight is 209 g/mol. The van der Waals surface area contributed by atoms with Crippen LogP contribution in [0, 0.1) is 10.1 Å². The number of benzene rings is 1. The quantitative estimate of drug-likeness (QED) is 0.581. The molecule has 0 aliphatic heterocycles. The number of nitrogens with zero attached hydrogens (tertiary/aromatic N) is 1. The maximum Gasteiger partial charge on any atom is 0.272 e. The van der Waals surface area contributed by atoms with Crippen LogP contribution in [0.25, 0.3) is 0 Å². The van der Waals surface area contributed by atoms with E-state index in [1.165, 1.54) is 18.2 Å². The number of nitro groups is 1. The number of hydrogen-bond acceptors (Lipinski definition) is 4.